The molecule has 19 heavy (non-hydrogen) atoms. The topological polar surface area (TPSA) is 38.3 Å². The van der Waals surface area contributed by atoms with Gasteiger partial charge >= 0.3 is 0 Å². The van der Waals surface area contributed by atoms with Crippen LogP contribution in [0, 0.1) is 5.82 Å². The lowest BCUT2D eigenvalue weighted by Crippen LogP contribution is -2.11. The summed E-state index contributed by atoms with van der Waals surface area (Å²) in [4.78, 5) is 12.0. The number of carbonyl (C=O) groups is 1. The molecule has 0 unspecified atom stereocenters. The maximum Gasteiger partial charge on any atom is 0.255 e. The molecule has 3 nitrogen and oxygen atoms in total. The summed E-state index contributed by atoms with van der Waals surface area (Å²) in [5, 5.41) is 2.68. The molecule has 0 aliphatic carbocycles. The molecule has 1 amide bonds. The zero-order valence-corrected chi connectivity index (χ0v) is 11.5. The van der Waals surface area contributed by atoms with E-state index in [1.165, 1.54) is 24.3 Å². The first-order valence-corrected chi connectivity index (χ1v) is 6.67. The molecule has 0 spiro atoms. The number of benzene rings is 2. The molecule has 2 aromatic carbocycles. The minimum Gasteiger partial charge on any atom is -0.482 e. The van der Waals surface area contributed by atoms with E-state index in [9.17, 15) is 9.18 Å². The summed E-state index contributed by atoms with van der Waals surface area (Å²) >= 11 is 3.15. The van der Waals surface area contributed by atoms with Crippen molar-refractivity contribution >= 4 is 27.5 Å². The first-order valence-electron chi connectivity index (χ1n) is 5.55. The van der Waals surface area contributed by atoms with E-state index in [-0.39, 0.29) is 11.7 Å². The van der Waals surface area contributed by atoms with E-state index in [2.05, 4.69) is 21.2 Å². The summed E-state index contributed by atoms with van der Waals surface area (Å²) < 4.78 is 18.0. The van der Waals surface area contributed by atoms with Gasteiger partial charge in [-0.05, 0) is 58.4 Å². The van der Waals surface area contributed by atoms with E-state index in [0.29, 0.717) is 22.5 Å². The molecular formula is C14H11BrFNO2. The van der Waals surface area contributed by atoms with Crippen LogP contribution in [0.4, 0.5) is 10.1 Å². The molecule has 0 heterocycles. The van der Waals surface area contributed by atoms with Crippen LogP contribution in [0.15, 0.2) is 48.5 Å². The van der Waals surface area contributed by atoms with Crippen LogP contribution in [-0.4, -0.2) is 11.4 Å². The molecule has 0 bridgehead atoms. The van der Waals surface area contributed by atoms with Crippen LogP contribution in [0.3, 0.4) is 0 Å². The number of hydrogen-bond donors (Lipinski definition) is 1. The molecule has 2 rings (SSSR count). The highest BCUT2D eigenvalue weighted by Gasteiger charge is 2.07. The first-order chi connectivity index (χ1) is 9.19. The third kappa shape index (κ3) is 3.79. The number of ether oxygens (including phenoxy) is 1. The van der Waals surface area contributed by atoms with Gasteiger partial charge in [0.05, 0.1) is 0 Å². The zero-order chi connectivity index (χ0) is 13.7. The molecule has 0 atom stereocenters. The molecule has 0 saturated carbocycles. The van der Waals surface area contributed by atoms with Gasteiger partial charge in [0.2, 0.25) is 0 Å². The molecule has 0 saturated heterocycles. The number of carbonyl (C=O) groups excluding carboxylic acids is 1. The van der Waals surface area contributed by atoms with Gasteiger partial charge in [-0.2, -0.15) is 0 Å². The van der Waals surface area contributed by atoms with Crippen LogP contribution >= 0.6 is 15.9 Å². The highest BCUT2D eigenvalue weighted by atomic mass is 79.9. The number of anilines is 1. The lowest BCUT2D eigenvalue weighted by molar-refractivity contribution is 0.102. The SMILES string of the molecule is O=C(Nc1ccc(F)cc1)c1cccc(OCBr)c1. The largest absolute Gasteiger partial charge is 0.482 e. The average molecular weight is 324 g/mol. The van der Waals surface area contributed by atoms with Crippen molar-refractivity contribution in [3.05, 3.63) is 59.9 Å². The smallest absolute Gasteiger partial charge is 0.255 e. The maximum atomic E-state index is 12.8. The van der Waals surface area contributed by atoms with Gasteiger partial charge in [0.25, 0.3) is 5.91 Å². The minimum absolute atomic E-state index is 0.272. The van der Waals surface area contributed by atoms with Gasteiger partial charge in [-0.1, -0.05) is 6.07 Å². The van der Waals surface area contributed by atoms with Crippen LogP contribution in [-0.2, 0) is 0 Å². The Morgan fingerprint density at radius 1 is 1.21 bits per heavy atom. The molecular weight excluding hydrogens is 313 g/mol. The number of alkyl halides is 1. The highest BCUT2D eigenvalue weighted by Crippen LogP contribution is 2.16. The molecule has 0 aromatic heterocycles. The van der Waals surface area contributed by atoms with Gasteiger partial charge < -0.3 is 10.1 Å². The van der Waals surface area contributed by atoms with Crippen molar-refractivity contribution in [1.82, 2.24) is 0 Å². The Bertz CT molecular complexity index is 572. The van der Waals surface area contributed by atoms with E-state index in [4.69, 9.17) is 4.74 Å². The minimum atomic E-state index is -0.342. The Morgan fingerprint density at radius 3 is 2.63 bits per heavy atom. The van der Waals surface area contributed by atoms with Crippen molar-refractivity contribution in [1.29, 1.82) is 0 Å². The lowest BCUT2D eigenvalue weighted by Gasteiger charge is -2.07. The van der Waals surface area contributed by atoms with Gasteiger partial charge in [-0.3, -0.25) is 4.79 Å². The molecule has 2 aromatic rings. The number of nitrogens with one attached hydrogen (secondary N) is 1. The lowest BCUT2D eigenvalue weighted by atomic mass is 10.2. The summed E-state index contributed by atoms with van der Waals surface area (Å²) in [6.45, 7) is 0. The maximum absolute atomic E-state index is 12.8. The predicted octanol–water partition coefficient (Wildman–Crippen LogP) is 3.81. The summed E-state index contributed by atoms with van der Waals surface area (Å²) in [5.41, 5.74) is 1.37. The van der Waals surface area contributed by atoms with Gasteiger partial charge in [0.15, 0.2) is 0 Å². The van der Waals surface area contributed by atoms with Gasteiger partial charge in [-0.25, -0.2) is 4.39 Å². The number of hydrogen-bond acceptors (Lipinski definition) is 2. The fraction of sp³-hybridized carbons (Fsp3) is 0.0714. The quantitative estimate of drug-likeness (QED) is 0.869. The Labute approximate surface area is 118 Å². The summed E-state index contributed by atoms with van der Waals surface area (Å²) in [7, 11) is 0. The van der Waals surface area contributed by atoms with Crippen molar-refractivity contribution < 1.29 is 13.9 Å². The molecule has 5 heteroatoms. The average Bonchev–Trinajstić information content (AvgIpc) is 2.42. The molecule has 0 aliphatic rings. The van der Waals surface area contributed by atoms with E-state index < -0.39 is 0 Å². The van der Waals surface area contributed by atoms with Crippen molar-refractivity contribution in [2.45, 2.75) is 0 Å². The third-order valence-corrected chi connectivity index (χ3v) is 2.65. The highest BCUT2D eigenvalue weighted by molar-refractivity contribution is 9.09. The molecule has 0 radical (unpaired) electrons. The van der Waals surface area contributed by atoms with E-state index >= 15 is 0 Å². The van der Waals surface area contributed by atoms with Gasteiger partial charge in [-0.15, -0.1) is 0 Å². The van der Waals surface area contributed by atoms with Crippen molar-refractivity contribution in [2.75, 3.05) is 10.8 Å². The molecule has 0 fully saturated rings. The van der Waals surface area contributed by atoms with E-state index in [0.717, 1.165) is 0 Å². The number of halogens is 2. The second-order valence-corrected chi connectivity index (χ2v) is 4.20. The summed E-state index contributed by atoms with van der Waals surface area (Å²) in [6, 6.07) is 12.4. The van der Waals surface area contributed by atoms with E-state index in [1.807, 2.05) is 0 Å². The normalized spacial score (nSPS) is 10.0. The summed E-state index contributed by atoms with van der Waals surface area (Å²) in [6.07, 6.45) is 0. The van der Waals surface area contributed by atoms with Crippen LogP contribution in [0.1, 0.15) is 10.4 Å². The number of rotatable bonds is 4. The Hall–Kier alpha value is -1.88. The van der Waals surface area contributed by atoms with Crippen LogP contribution in [0.25, 0.3) is 0 Å². The van der Waals surface area contributed by atoms with Crippen LogP contribution < -0.4 is 10.1 Å². The number of amides is 1. The zero-order valence-electron chi connectivity index (χ0n) is 9.90. The third-order valence-electron chi connectivity index (χ3n) is 2.42. The van der Waals surface area contributed by atoms with E-state index in [1.54, 1.807) is 24.3 Å². The Kier molecular flexibility index (Phi) is 4.52. The van der Waals surface area contributed by atoms with Crippen molar-refractivity contribution in [3.8, 4) is 5.75 Å². The van der Waals surface area contributed by atoms with Gasteiger partial charge in [0, 0.05) is 11.3 Å². The molecule has 1 N–H and O–H groups in total. The second-order valence-electron chi connectivity index (χ2n) is 3.74. The summed E-state index contributed by atoms with van der Waals surface area (Å²) in [5.74, 6) is -0.0130. The monoisotopic (exact) mass is 323 g/mol. The fourth-order valence-electron chi connectivity index (χ4n) is 1.53. The second kappa shape index (κ2) is 6.33. The van der Waals surface area contributed by atoms with Gasteiger partial charge in [0.1, 0.15) is 17.1 Å². The predicted molar refractivity (Wildman–Crippen MR) is 75.2 cm³/mol. The fourth-order valence-corrected chi connectivity index (χ4v) is 1.79. The van der Waals surface area contributed by atoms with Crippen LogP contribution in [0.5, 0.6) is 5.75 Å². The molecule has 0 aliphatic heterocycles. The standard InChI is InChI=1S/C14H11BrFNO2/c15-9-19-13-3-1-2-10(8-13)14(18)17-12-6-4-11(16)5-7-12/h1-8H,9H2,(H,17,18). The van der Waals surface area contributed by atoms with Crippen molar-refractivity contribution in [3.63, 3.8) is 0 Å². The Morgan fingerprint density at radius 2 is 1.95 bits per heavy atom. The van der Waals surface area contributed by atoms with Crippen LogP contribution in [0.2, 0.25) is 0 Å². The molecule has 98 valence electrons. The Balaban J connectivity index is 2.11. The first kappa shape index (κ1) is 13.5. The van der Waals surface area contributed by atoms with Crippen molar-refractivity contribution in [2.24, 2.45) is 0 Å².